The predicted octanol–water partition coefficient (Wildman–Crippen LogP) is 4.35. The van der Waals surface area contributed by atoms with E-state index in [1.54, 1.807) is 12.1 Å². The molecule has 5 rings (SSSR count). The average Bonchev–Trinajstić information content (AvgIpc) is 3.32. The zero-order valence-corrected chi connectivity index (χ0v) is 19.9. The van der Waals surface area contributed by atoms with Gasteiger partial charge in [-0.1, -0.05) is 30.3 Å². The highest BCUT2D eigenvalue weighted by Crippen LogP contribution is 2.31. The molecule has 0 saturated carbocycles. The first kappa shape index (κ1) is 22.8. The third-order valence-electron chi connectivity index (χ3n) is 6.21. The monoisotopic (exact) mass is 471 g/mol. The molecule has 1 amide bonds. The van der Waals surface area contributed by atoms with Crippen LogP contribution in [0, 0.1) is 5.92 Å². The fraction of sp³-hybridized carbons (Fsp3) is 0.346. The van der Waals surface area contributed by atoms with Crippen molar-refractivity contribution in [2.75, 3.05) is 23.3 Å². The molecule has 3 heterocycles. The molecule has 0 unspecified atom stereocenters. The van der Waals surface area contributed by atoms with Crippen LogP contribution in [0.2, 0.25) is 0 Å². The van der Waals surface area contributed by atoms with Crippen LogP contribution in [0.5, 0.6) is 0 Å². The van der Waals surface area contributed by atoms with E-state index in [1.807, 2.05) is 26.0 Å². The van der Waals surface area contributed by atoms with Crippen LogP contribution in [-0.2, 0) is 6.42 Å². The Balaban J connectivity index is 1.32. The van der Waals surface area contributed by atoms with Gasteiger partial charge in [-0.05, 0) is 79.2 Å². The average molecular weight is 472 g/mol. The highest BCUT2D eigenvalue weighted by Gasteiger charge is 2.24. The number of piperidine rings is 1. The summed E-state index contributed by atoms with van der Waals surface area (Å²) in [7, 11) is 0. The molecule has 1 fully saturated rings. The summed E-state index contributed by atoms with van der Waals surface area (Å²) in [6.07, 6.45) is 3.24. The quantitative estimate of drug-likeness (QED) is 0.409. The first-order valence-corrected chi connectivity index (χ1v) is 12.0. The maximum atomic E-state index is 12.3. The lowest BCUT2D eigenvalue weighted by molar-refractivity contribution is 0.0943. The van der Waals surface area contributed by atoms with Gasteiger partial charge in [0.1, 0.15) is 0 Å². The van der Waals surface area contributed by atoms with Crippen LogP contribution in [0.1, 0.15) is 42.6 Å². The fourth-order valence-electron chi connectivity index (χ4n) is 4.42. The minimum absolute atomic E-state index is 0.0813. The number of fused-ring (bicyclic) bond motifs is 1. The Morgan fingerprint density at radius 1 is 1.00 bits per heavy atom. The molecule has 2 aromatic carbocycles. The highest BCUT2D eigenvalue weighted by molar-refractivity contribution is 5.94. The molecule has 35 heavy (non-hydrogen) atoms. The minimum atomic E-state index is -0.0968. The summed E-state index contributed by atoms with van der Waals surface area (Å²) < 4.78 is 4.85. The number of hydrogen-bond acceptors (Lipinski definition) is 8. The van der Waals surface area contributed by atoms with Crippen LogP contribution < -0.4 is 15.5 Å². The molecule has 1 aliphatic heterocycles. The first-order chi connectivity index (χ1) is 17.0. The lowest BCUT2D eigenvalue weighted by atomic mass is 9.90. The molecule has 2 aromatic heterocycles. The molecule has 2 N–H and O–H groups in total. The van der Waals surface area contributed by atoms with E-state index in [1.165, 1.54) is 5.56 Å². The smallest absolute Gasteiger partial charge is 0.251 e. The van der Waals surface area contributed by atoms with Gasteiger partial charge in [-0.15, -0.1) is 0 Å². The third kappa shape index (κ3) is 5.40. The van der Waals surface area contributed by atoms with Gasteiger partial charge in [0.2, 0.25) is 11.3 Å². The number of aromatic nitrogens is 4. The molecule has 9 nitrogen and oxygen atoms in total. The number of carbonyl (C=O) groups is 1. The number of benzene rings is 2. The van der Waals surface area contributed by atoms with Crippen molar-refractivity contribution in [3.63, 3.8) is 0 Å². The number of rotatable bonds is 7. The van der Waals surface area contributed by atoms with Crippen molar-refractivity contribution in [3.05, 3.63) is 65.7 Å². The Kier molecular flexibility index (Phi) is 6.56. The normalized spacial score (nSPS) is 14.4. The van der Waals surface area contributed by atoms with E-state index in [0.717, 1.165) is 43.9 Å². The van der Waals surface area contributed by atoms with Crippen molar-refractivity contribution in [2.45, 2.75) is 39.2 Å². The molecule has 0 spiro atoms. The van der Waals surface area contributed by atoms with Crippen LogP contribution in [0.4, 0.5) is 17.3 Å². The van der Waals surface area contributed by atoms with E-state index in [2.05, 4.69) is 61.2 Å². The van der Waals surface area contributed by atoms with Crippen LogP contribution in [-0.4, -0.2) is 45.3 Å². The van der Waals surface area contributed by atoms with Gasteiger partial charge in [-0.25, -0.2) is 14.6 Å². The Labute approximate surface area is 203 Å². The zero-order valence-electron chi connectivity index (χ0n) is 19.9. The summed E-state index contributed by atoms with van der Waals surface area (Å²) in [5.41, 5.74) is 3.53. The van der Waals surface area contributed by atoms with Gasteiger partial charge in [0, 0.05) is 30.4 Å². The van der Waals surface area contributed by atoms with E-state index in [9.17, 15) is 4.79 Å². The van der Waals surface area contributed by atoms with Crippen molar-refractivity contribution >= 4 is 34.5 Å². The van der Waals surface area contributed by atoms with Gasteiger partial charge in [0.05, 0.1) is 0 Å². The van der Waals surface area contributed by atoms with Gasteiger partial charge in [0.15, 0.2) is 11.6 Å². The van der Waals surface area contributed by atoms with Gasteiger partial charge in [-0.2, -0.15) is 0 Å². The highest BCUT2D eigenvalue weighted by atomic mass is 16.6. The number of amides is 1. The summed E-state index contributed by atoms with van der Waals surface area (Å²) in [6, 6.07) is 18.0. The standard InChI is InChI=1S/C26H29N7O2/c1-17(2)27-26(34)20-8-10-21(11-9-20)28-24-25(30-23-22(29-24)31-35-32-23)33-14-12-19(13-15-33)16-18-6-4-3-5-7-18/h3-11,17,19H,12-16H2,1-2H3,(H,27,34)(H,28,29,31). The van der Waals surface area contributed by atoms with Crippen molar-refractivity contribution in [1.29, 1.82) is 0 Å². The van der Waals surface area contributed by atoms with Gasteiger partial charge in [-0.3, -0.25) is 4.79 Å². The topological polar surface area (TPSA) is 109 Å². The Hall–Kier alpha value is -4.01. The van der Waals surface area contributed by atoms with Crippen molar-refractivity contribution in [3.8, 4) is 0 Å². The summed E-state index contributed by atoms with van der Waals surface area (Å²) in [5, 5.41) is 14.0. The SMILES string of the molecule is CC(C)NC(=O)c1ccc(Nc2nc3nonc3nc2N2CCC(Cc3ccccc3)CC2)cc1. The molecule has 1 aliphatic rings. The summed E-state index contributed by atoms with van der Waals surface area (Å²) in [4.78, 5) is 23.8. The van der Waals surface area contributed by atoms with Crippen LogP contribution in [0.25, 0.3) is 11.3 Å². The van der Waals surface area contributed by atoms with E-state index >= 15 is 0 Å². The molecule has 0 bridgehead atoms. The summed E-state index contributed by atoms with van der Waals surface area (Å²) in [6.45, 7) is 5.64. The second kappa shape index (κ2) is 10.1. The van der Waals surface area contributed by atoms with Gasteiger partial charge < -0.3 is 15.5 Å². The molecule has 1 saturated heterocycles. The van der Waals surface area contributed by atoms with Gasteiger partial charge in [0.25, 0.3) is 5.91 Å². The molecule has 4 aromatic rings. The molecular weight excluding hydrogens is 442 g/mol. The molecule has 0 radical (unpaired) electrons. The molecule has 0 atom stereocenters. The zero-order chi connectivity index (χ0) is 24.2. The predicted molar refractivity (Wildman–Crippen MR) is 135 cm³/mol. The van der Waals surface area contributed by atoms with Crippen LogP contribution >= 0.6 is 0 Å². The lowest BCUT2D eigenvalue weighted by Gasteiger charge is -2.33. The lowest BCUT2D eigenvalue weighted by Crippen LogP contribution is -2.35. The van der Waals surface area contributed by atoms with E-state index in [-0.39, 0.29) is 11.9 Å². The first-order valence-electron chi connectivity index (χ1n) is 12.0. The number of nitrogens with zero attached hydrogens (tertiary/aromatic N) is 5. The van der Waals surface area contributed by atoms with Crippen LogP contribution in [0.15, 0.2) is 59.2 Å². The molecule has 0 aliphatic carbocycles. The van der Waals surface area contributed by atoms with E-state index < -0.39 is 0 Å². The van der Waals surface area contributed by atoms with Crippen LogP contribution in [0.3, 0.4) is 0 Å². The van der Waals surface area contributed by atoms with Crippen molar-refractivity contribution in [2.24, 2.45) is 5.92 Å². The summed E-state index contributed by atoms with van der Waals surface area (Å²) >= 11 is 0. The van der Waals surface area contributed by atoms with Crippen molar-refractivity contribution < 1.29 is 9.42 Å². The molecule has 180 valence electrons. The Morgan fingerprint density at radius 3 is 2.37 bits per heavy atom. The number of carbonyl (C=O) groups excluding carboxylic acids is 1. The fourth-order valence-corrected chi connectivity index (χ4v) is 4.42. The molecule has 9 heteroatoms. The second-order valence-electron chi connectivity index (χ2n) is 9.26. The second-order valence-corrected chi connectivity index (χ2v) is 9.26. The maximum Gasteiger partial charge on any atom is 0.251 e. The third-order valence-corrected chi connectivity index (χ3v) is 6.21. The molecular formula is C26H29N7O2. The number of anilines is 3. The largest absolute Gasteiger partial charge is 0.353 e. The van der Waals surface area contributed by atoms with E-state index in [4.69, 9.17) is 9.61 Å². The minimum Gasteiger partial charge on any atom is -0.353 e. The maximum absolute atomic E-state index is 12.3. The van der Waals surface area contributed by atoms with E-state index in [0.29, 0.717) is 28.6 Å². The number of nitrogens with one attached hydrogen (secondary N) is 2. The van der Waals surface area contributed by atoms with Gasteiger partial charge >= 0.3 is 0 Å². The number of hydrogen-bond donors (Lipinski definition) is 2. The Bertz CT molecular complexity index is 1280. The Morgan fingerprint density at radius 2 is 1.69 bits per heavy atom. The van der Waals surface area contributed by atoms with Crippen molar-refractivity contribution in [1.82, 2.24) is 25.6 Å². The summed E-state index contributed by atoms with van der Waals surface area (Å²) in [5.74, 6) is 1.86.